The van der Waals surface area contributed by atoms with E-state index in [1.165, 1.54) is 0 Å². The van der Waals surface area contributed by atoms with E-state index in [2.05, 4.69) is 44.0 Å². The molecule has 0 heterocycles. The summed E-state index contributed by atoms with van der Waals surface area (Å²) in [7, 11) is 0. The minimum Gasteiger partial charge on any atom is -0.365 e. The topological polar surface area (TPSA) is 3.24 Å². The van der Waals surface area contributed by atoms with Crippen molar-refractivity contribution in [3.05, 3.63) is 0 Å². The normalized spacial score (nSPS) is 11.4. The summed E-state index contributed by atoms with van der Waals surface area (Å²) >= 11 is 13.7. The molecule has 0 unspecified atom stereocenters. The highest BCUT2D eigenvalue weighted by atomic mass is 32.2. The van der Waals surface area contributed by atoms with E-state index in [0.717, 1.165) is 18.1 Å². The molecule has 0 radical (unpaired) electrons. The van der Waals surface area contributed by atoms with Crippen LogP contribution < -0.4 is 0 Å². The first-order chi connectivity index (χ1) is 4.93. The molecule has 0 aliphatic carbocycles. The maximum Gasteiger partial charge on any atom is 0.104 e. The molecule has 1 nitrogen and oxygen atoms in total. The lowest BCUT2D eigenvalue weighted by molar-refractivity contribution is 0.465. The molecule has 0 rings (SSSR count). The molecule has 0 fully saturated rings. The van der Waals surface area contributed by atoms with Gasteiger partial charge in [-0.15, -0.1) is 0 Å². The number of hydrogen-bond acceptors (Lipinski definition) is 3. The van der Waals surface area contributed by atoms with Gasteiger partial charge >= 0.3 is 0 Å². The lowest BCUT2D eigenvalue weighted by Crippen LogP contribution is -2.38. The van der Waals surface area contributed by atoms with Crippen molar-refractivity contribution in [1.29, 1.82) is 0 Å². The molecule has 0 saturated carbocycles. The van der Waals surface area contributed by atoms with Gasteiger partial charge in [0.25, 0.3) is 0 Å². The second kappa shape index (κ2) is 4.58. The molecule has 0 aromatic carbocycles. The molecular weight excluding hydrogens is 194 g/mol. The van der Waals surface area contributed by atoms with Gasteiger partial charge in [0.05, 0.1) is 0 Å². The van der Waals surface area contributed by atoms with Crippen molar-refractivity contribution in [2.75, 3.05) is 13.1 Å². The first kappa shape index (κ1) is 11.6. The molecular formula is C7H15NS3. The van der Waals surface area contributed by atoms with Gasteiger partial charge in [0.2, 0.25) is 0 Å². The third kappa shape index (κ3) is 3.67. The van der Waals surface area contributed by atoms with Gasteiger partial charge in [0.15, 0.2) is 0 Å². The molecule has 0 saturated heterocycles. The molecule has 0 aliphatic rings. The average molecular weight is 209 g/mol. The van der Waals surface area contributed by atoms with E-state index in [9.17, 15) is 0 Å². The van der Waals surface area contributed by atoms with Gasteiger partial charge in [-0.1, -0.05) is 12.2 Å². The Morgan fingerprint density at radius 1 is 1.36 bits per heavy atom. The first-order valence-corrected chi connectivity index (χ1v) is 4.97. The van der Waals surface area contributed by atoms with Gasteiger partial charge in [0, 0.05) is 13.1 Å². The van der Waals surface area contributed by atoms with E-state index in [-0.39, 0.29) is 0 Å². The number of nitrogens with zero attached hydrogens (tertiary/aromatic N) is 1. The Morgan fingerprint density at radius 3 is 1.82 bits per heavy atom. The largest absolute Gasteiger partial charge is 0.365 e. The Labute approximate surface area is 85.4 Å². The van der Waals surface area contributed by atoms with Gasteiger partial charge in [-0.25, -0.2) is 0 Å². The monoisotopic (exact) mass is 209 g/mol. The summed E-state index contributed by atoms with van der Waals surface area (Å²) in [5, 5.41) is 0. The molecule has 66 valence electrons. The van der Waals surface area contributed by atoms with E-state index in [1.54, 1.807) is 0 Å². The Hall–Kier alpha value is 0.590. The van der Waals surface area contributed by atoms with E-state index in [4.69, 9.17) is 12.2 Å². The number of hydrogen-bond donors (Lipinski definition) is 2. The van der Waals surface area contributed by atoms with Gasteiger partial charge in [-0.3, -0.25) is 0 Å². The summed E-state index contributed by atoms with van der Waals surface area (Å²) in [6, 6.07) is 0. The molecule has 0 aliphatic heterocycles. The van der Waals surface area contributed by atoms with Gasteiger partial charge in [-0.05, 0) is 20.8 Å². The van der Waals surface area contributed by atoms with Crippen LogP contribution in [0, 0.1) is 0 Å². The fourth-order valence-electron chi connectivity index (χ4n) is 0.810. The van der Waals surface area contributed by atoms with Crippen molar-refractivity contribution in [1.82, 2.24) is 4.90 Å². The number of thiol groups is 2. The molecule has 0 amide bonds. The van der Waals surface area contributed by atoms with Gasteiger partial charge in [0.1, 0.15) is 9.07 Å². The standard InChI is InChI=1S/C7H15NS3/c1-4-8(5-2)6(9)7(3,10)11/h10-11H,4-5H2,1-3H3. The maximum atomic E-state index is 5.18. The highest BCUT2D eigenvalue weighted by Crippen LogP contribution is 2.22. The van der Waals surface area contributed by atoms with Crippen LogP contribution in [0.5, 0.6) is 0 Å². The highest BCUT2D eigenvalue weighted by Gasteiger charge is 2.22. The second-order valence-electron chi connectivity index (χ2n) is 2.50. The van der Waals surface area contributed by atoms with Crippen LogP contribution in [0.3, 0.4) is 0 Å². The zero-order valence-corrected chi connectivity index (χ0v) is 9.77. The summed E-state index contributed by atoms with van der Waals surface area (Å²) < 4.78 is -0.471. The van der Waals surface area contributed by atoms with Crippen LogP contribution in [-0.4, -0.2) is 27.1 Å². The van der Waals surface area contributed by atoms with Crippen LogP contribution in [0.1, 0.15) is 20.8 Å². The minimum atomic E-state index is -0.471. The predicted molar refractivity (Wildman–Crippen MR) is 61.9 cm³/mol. The Kier molecular flexibility index (Phi) is 4.82. The second-order valence-corrected chi connectivity index (χ2v) is 5.03. The molecule has 0 aromatic heterocycles. The predicted octanol–water partition coefficient (Wildman–Crippen LogP) is 2.23. The smallest absolute Gasteiger partial charge is 0.104 e. The van der Waals surface area contributed by atoms with Crippen LogP contribution in [0.2, 0.25) is 0 Å². The quantitative estimate of drug-likeness (QED) is 0.417. The van der Waals surface area contributed by atoms with Crippen LogP contribution in [0.4, 0.5) is 0 Å². The first-order valence-electron chi connectivity index (χ1n) is 3.67. The molecule has 0 N–H and O–H groups in total. The SMILES string of the molecule is CCN(CC)C(=S)C(C)(S)S. The van der Waals surface area contributed by atoms with Crippen molar-refractivity contribution < 1.29 is 0 Å². The van der Waals surface area contributed by atoms with Crippen LogP contribution in [0.15, 0.2) is 0 Å². The summed E-state index contributed by atoms with van der Waals surface area (Å²) in [6.07, 6.45) is 0. The average Bonchev–Trinajstić information content (AvgIpc) is 1.88. The fraction of sp³-hybridized carbons (Fsp3) is 0.857. The maximum absolute atomic E-state index is 5.18. The van der Waals surface area contributed by atoms with E-state index in [0.29, 0.717) is 0 Å². The molecule has 11 heavy (non-hydrogen) atoms. The number of thiocarbonyl (C=S) groups is 1. The zero-order valence-electron chi connectivity index (χ0n) is 7.16. The third-order valence-electron chi connectivity index (χ3n) is 1.46. The Bertz CT molecular complexity index is 135. The lowest BCUT2D eigenvalue weighted by Gasteiger charge is -2.29. The molecule has 0 aromatic rings. The third-order valence-corrected chi connectivity index (χ3v) is 2.85. The summed E-state index contributed by atoms with van der Waals surface area (Å²) in [5.74, 6) is 0. The van der Waals surface area contributed by atoms with Crippen molar-refractivity contribution in [2.45, 2.75) is 24.9 Å². The van der Waals surface area contributed by atoms with E-state index < -0.39 is 4.08 Å². The lowest BCUT2D eigenvalue weighted by atomic mass is 10.4. The van der Waals surface area contributed by atoms with Crippen molar-refractivity contribution >= 4 is 42.5 Å². The van der Waals surface area contributed by atoms with E-state index >= 15 is 0 Å². The van der Waals surface area contributed by atoms with Crippen LogP contribution in [-0.2, 0) is 0 Å². The van der Waals surface area contributed by atoms with Crippen molar-refractivity contribution in [2.24, 2.45) is 0 Å². The Balaban J connectivity index is 4.22. The fourth-order valence-corrected chi connectivity index (χ4v) is 1.35. The van der Waals surface area contributed by atoms with Crippen molar-refractivity contribution in [3.63, 3.8) is 0 Å². The molecule has 4 heteroatoms. The molecule has 0 atom stereocenters. The van der Waals surface area contributed by atoms with Crippen molar-refractivity contribution in [3.8, 4) is 0 Å². The van der Waals surface area contributed by atoms with E-state index in [1.807, 2.05) is 6.92 Å². The van der Waals surface area contributed by atoms with Gasteiger partial charge < -0.3 is 4.90 Å². The summed E-state index contributed by atoms with van der Waals surface area (Å²) in [5.41, 5.74) is 0. The zero-order chi connectivity index (χ0) is 9.07. The van der Waals surface area contributed by atoms with Crippen LogP contribution >= 0.6 is 37.5 Å². The highest BCUT2D eigenvalue weighted by molar-refractivity contribution is 8.03. The Morgan fingerprint density at radius 2 is 1.73 bits per heavy atom. The molecule has 0 spiro atoms. The van der Waals surface area contributed by atoms with Crippen LogP contribution in [0.25, 0.3) is 0 Å². The summed E-state index contributed by atoms with van der Waals surface area (Å²) in [6.45, 7) is 7.88. The minimum absolute atomic E-state index is 0.471. The number of rotatable bonds is 3. The van der Waals surface area contributed by atoms with Gasteiger partial charge in [-0.2, -0.15) is 25.3 Å². The summed E-state index contributed by atoms with van der Waals surface area (Å²) in [4.78, 5) is 2.88. The molecule has 0 bridgehead atoms.